The van der Waals surface area contributed by atoms with E-state index in [1.165, 1.54) is 0 Å². The standard InChI is InChI=1S/C36H33NO4/c1-39-36(40-2,33(38)25-26-15-14-24-32-34(26)37-30-22-12-13-23-31(30)41-32)35(27-16-6-3-7-17-27,28-18-8-4-9-19-28)29-20-10-5-11-21-29/h3-24,33,37-38H,25H2,1-2H3. The van der Waals surface area contributed by atoms with Crippen LogP contribution in [0, 0.1) is 0 Å². The second-order valence-corrected chi connectivity index (χ2v) is 10.2. The van der Waals surface area contributed by atoms with Crippen LogP contribution in [0.5, 0.6) is 11.5 Å². The summed E-state index contributed by atoms with van der Waals surface area (Å²) in [5.74, 6) is -0.0703. The molecule has 1 aliphatic heterocycles. The monoisotopic (exact) mass is 543 g/mol. The van der Waals surface area contributed by atoms with Crippen LogP contribution >= 0.6 is 0 Å². The zero-order valence-corrected chi connectivity index (χ0v) is 23.2. The van der Waals surface area contributed by atoms with Gasteiger partial charge in [0.2, 0.25) is 5.79 Å². The number of fused-ring (bicyclic) bond motifs is 2. The minimum Gasteiger partial charge on any atom is -0.453 e. The number of hydrogen-bond acceptors (Lipinski definition) is 5. The summed E-state index contributed by atoms with van der Waals surface area (Å²) in [6, 6.07) is 44.1. The third-order valence-corrected chi connectivity index (χ3v) is 8.08. The lowest BCUT2D eigenvalue weighted by Gasteiger charge is -2.52. The first-order valence-corrected chi connectivity index (χ1v) is 13.7. The van der Waals surface area contributed by atoms with Gasteiger partial charge in [0.15, 0.2) is 11.5 Å². The number of methoxy groups -OCH3 is 2. The molecule has 1 heterocycles. The Bertz CT molecular complexity index is 1500. The lowest BCUT2D eigenvalue weighted by molar-refractivity contribution is -0.283. The maximum atomic E-state index is 12.4. The van der Waals surface area contributed by atoms with Crippen LogP contribution in [0.1, 0.15) is 22.3 Å². The van der Waals surface area contributed by atoms with E-state index < -0.39 is 17.3 Å². The molecule has 0 aromatic heterocycles. The summed E-state index contributed by atoms with van der Waals surface area (Å²) in [5, 5.41) is 15.9. The number of aliphatic hydroxyl groups is 1. The van der Waals surface area contributed by atoms with E-state index in [9.17, 15) is 5.11 Å². The lowest BCUT2D eigenvalue weighted by atomic mass is 9.61. The molecule has 2 N–H and O–H groups in total. The van der Waals surface area contributed by atoms with Crippen molar-refractivity contribution in [1.82, 2.24) is 0 Å². The molecule has 0 aliphatic carbocycles. The quantitative estimate of drug-likeness (QED) is 0.146. The second-order valence-electron chi connectivity index (χ2n) is 10.2. The summed E-state index contributed by atoms with van der Waals surface area (Å²) in [5.41, 5.74) is 4.34. The first-order chi connectivity index (χ1) is 20.1. The third kappa shape index (κ3) is 4.39. The number of para-hydroxylation sites is 3. The van der Waals surface area contributed by atoms with Gasteiger partial charge in [0.05, 0.1) is 11.4 Å². The highest BCUT2D eigenvalue weighted by atomic mass is 16.7. The molecular weight excluding hydrogens is 510 g/mol. The minimum atomic E-state index is -1.53. The van der Waals surface area contributed by atoms with Gasteiger partial charge >= 0.3 is 0 Å². The number of anilines is 2. The van der Waals surface area contributed by atoms with Crippen LogP contribution in [-0.4, -0.2) is 31.2 Å². The molecule has 0 saturated carbocycles. The molecule has 206 valence electrons. The molecule has 1 atom stereocenters. The molecule has 1 unspecified atom stereocenters. The Morgan fingerprint density at radius 1 is 0.634 bits per heavy atom. The van der Waals surface area contributed by atoms with Crippen molar-refractivity contribution in [2.45, 2.75) is 23.7 Å². The number of hydrogen-bond donors (Lipinski definition) is 2. The van der Waals surface area contributed by atoms with E-state index in [4.69, 9.17) is 14.2 Å². The van der Waals surface area contributed by atoms with Gasteiger partial charge in [-0.2, -0.15) is 0 Å². The summed E-state index contributed by atoms with van der Waals surface area (Å²) in [7, 11) is 3.21. The lowest BCUT2D eigenvalue weighted by Crippen LogP contribution is -2.63. The molecule has 0 bridgehead atoms. The van der Waals surface area contributed by atoms with Gasteiger partial charge < -0.3 is 24.6 Å². The number of benzene rings is 5. The van der Waals surface area contributed by atoms with E-state index in [0.717, 1.165) is 39.4 Å². The summed E-state index contributed by atoms with van der Waals surface area (Å²) < 4.78 is 19.1. The Morgan fingerprint density at radius 3 is 1.66 bits per heavy atom. The summed E-state index contributed by atoms with van der Waals surface area (Å²) >= 11 is 0. The molecule has 0 spiro atoms. The predicted octanol–water partition coefficient (Wildman–Crippen LogP) is 7.46. The topological polar surface area (TPSA) is 60.0 Å². The van der Waals surface area contributed by atoms with Crippen LogP contribution in [0.3, 0.4) is 0 Å². The molecule has 5 aromatic rings. The highest BCUT2D eigenvalue weighted by molar-refractivity contribution is 5.77. The Morgan fingerprint density at radius 2 is 1.12 bits per heavy atom. The average molecular weight is 544 g/mol. The average Bonchev–Trinajstić information content (AvgIpc) is 3.04. The second kappa shape index (κ2) is 11.2. The molecule has 5 nitrogen and oxygen atoms in total. The molecule has 0 amide bonds. The summed E-state index contributed by atoms with van der Waals surface area (Å²) in [6.07, 6.45) is -0.874. The molecule has 6 rings (SSSR count). The number of aliphatic hydroxyl groups excluding tert-OH is 1. The normalized spacial score (nSPS) is 13.3. The maximum Gasteiger partial charge on any atom is 0.212 e. The van der Waals surface area contributed by atoms with Crippen LogP contribution in [0.4, 0.5) is 11.4 Å². The van der Waals surface area contributed by atoms with Gasteiger partial charge in [-0.05, 0) is 40.5 Å². The number of ether oxygens (including phenoxy) is 3. The molecule has 41 heavy (non-hydrogen) atoms. The van der Waals surface area contributed by atoms with E-state index in [1.807, 2.05) is 97.1 Å². The van der Waals surface area contributed by atoms with Gasteiger partial charge in [-0.3, -0.25) is 0 Å². The van der Waals surface area contributed by atoms with Gasteiger partial charge in [0, 0.05) is 20.6 Å². The van der Waals surface area contributed by atoms with Gasteiger partial charge in [-0.15, -0.1) is 0 Å². The van der Waals surface area contributed by atoms with E-state index in [2.05, 4.69) is 41.7 Å². The van der Waals surface area contributed by atoms with Crippen LogP contribution in [-0.2, 0) is 21.3 Å². The molecule has 0 fully saturated rings. The van der Waals surface area contributed by atoms with Gasteiger partial charge in [0.1, 0.15) is 11.5 Å². The van der Waals surface area contributed by atoms with Gasteiger partial charge in [-0.25, -0.2) is 0 Å². The van der Waals surface area contributed by atoms with Crippen molar-refractivity contribution in [3.8, 4) is 11.5 Å². The minimum absolute atomic E-state index is 0.234. The summed E-state index contributed by atoms with van der Waals surface area (Å²) in [4.78, 5) is 0. The maximum absolute atomic E-state index is 12.4. The van der Waals surface area contributed by atoms with Crippen molar-refractivity contribution >= 4 is 11.4 Å². The van der Waals surface area contributed by atoms with Crippen molar-refractivity contribution in [3.63, 3.8) is 0 Å². The predicted molar refractivity (Wildman–Crippen MR) is 162 cm³/mol. The molecule has 5 heteroatoms. The molecule has 0 saturated heterocycles. The van der Waals surface area contributed by atoms with Crippen LogP contribution in [0.15, 0.2) is 133 Å². The van der Waals surface area contributed by atoms with E-state index in [0.29, 0.717) is 5.75 Å². The van der Waals surface area contributed by atoms with Gasteiger partial charge in [0.25, 0.3) is 0 Å². The summed E-state index contributed by atoms with van der Waals surface area (Å²) in [6.45, 7) is 0. The van der Waals surface area contributed by atoms with Crippen LogP contribution < -0.4 is 10.1 Å². The van der Waals surface area contributed by atoms with Crippen LogP contribution in [0.2, 0.25) is 0 Å². The fourth-order valence-electron chi connectivity index (χ4n) is 6.31. The number of rotatable bonds is 9. The molecule has 0 radical (unpaired) electrons. The van der Waals surface area contributed by atoms with Crippen molar-refractivity contribution in [1.29, 1.82) is 0 Å². The SMILES string of the molecule is COC(OC)(C(O)Cc1cccc2c1Nc1ccccc1O2)C(c1ccccc1)(c1ccccc1)c1ccccc1. The molecular formula is C36H33NO4. The largest absolute Gasteiger partial charge is 0.453 e. The number of nitrogens with one attached hydrogen (secondary N) is 1. The Kier molecular flexibility index (Phi) is 7.33. The Hall–Kier alpha value is -4.42. The van der Waals surface area contributed by atoms with E-state index in [-0.39, 0.29) is 6.42 Å². The van der Waals surface area contributed by atoms with E-state index >= 15 is 0 Å². The zero-order valence-electron chi connectivity index (χ0n) is 23.2. The first-order valence-electron chi connectivity index (χ1n) is 13.7. The van der Waals surface area contributed by atoms with Crippen molar-refractivity contribution in [2.75, 3.05) is 19.5 Å². The van der Waals surface area contributed by atoms with Gasteiger partial charge in [-0.1, -0.05) is 115 Å². The fraction of sp³-hybridized carbons (Fsp3) is 0.167. The first kappa shape index (κ1) is 26.8. The zero-order chi connectivity index (χ0) is 28.3. The molecule has 5 aromatic carbocycles. The van der Waals surface area contributed by atoms with Crippen LogP contribution in [0.25, 0.3) is 0 Å². The van der Waals surface area contributed by atoms with Crippen molar-refractivity contribution in [2.24, 2.45) is 0 Å². The van der Waals surface area contributed by atoms with Crippen molar-refractivity contribution in [3.05, 3.63) is 156 Å². The highest BCUT2D eigenvalue weighted by Crippen LogP contribution is 2.52. The third-order valence-electron chi connectivity index (χ3n) is 8.08. The van der Waals surface area contributed by atoms with E-state index in [1.54, 1.807) is 14.2 Å². The molecule has 1 aliphatic rings. The fourth-order valence-corrected chi connectivity index (χ4v) is 6.31. The Labute approximate surface area is 241 Å². The Balaban J connectivity index is 1.54. The highest BCUT2D eigenvalue weighted by Gasteiger charge is 2.60. The van der Waals surface area contributed by atoms with Crippen molar-refractivity contribution < 1.29 is 19.3 Å². The smallest absolute Gasteiger partial charge is 0.212 e.